The number of benzene rings is 2. The van der Waals surface area contributed by atoms with Crippen LogP contribution >= 0.6 is 0 Å². The highest BCUT2D eigenvalue weighted by Crippen LogP contribution is 2.31. The summed E-state index contributed by atoms with van der Waals surface area (Å²) in [6, 6.07) is 14.5. The van der Waals surface area contributed by atoms with Crippen LogP contribution in [-0.2, 0) is 12.5 Å². The van der Waals surface area contributed by atoms with Crippen molar-refractivity contribution in [1.82, 2.24) is 0 Å². The Kier molecular flexibility index (Phi) is 4.72. The molecule has 0 fully saturated rings. The van der Waals surface area contributed by atoms with Gasteiger partial charge in [-0.15, -0.1) is 0 Å². The highest BCUT2D eigenvalue weighted by molar-refractivity contribution is 5.27. The van der Waals surface area contributed by atoms with Crippen LogP contribution in [0.5, 0.6) is 5.75 Å². The smallest absolute Gasteiger partial charge is 0.426 e. The minimum atomic E-state index is -3.31. The van der Waals surface area contributed by atoms with Crippen LogP contribution in [-0.4, -0.2) is 0 Å². The molecule has 0 aliphatic carbocycles. The molecule has 0 aromatic heterocycles. The van der Waals surface area contributed by atoms with Crippen LogP contribution in [0.25, 0.3) is 0 Å². The summed E-state index contributed by atoms with van der Waals surface area (Å²) in [5.41, 5.74) is 0.952. The number of hydrogen-bond donors (Lipinski definition) is 0. The van der Waals surface area contributed by atoms with E-state index in [1.54, 1.807) is 30.3 Å². The van der Waals surface area contributed by atoms with Gasteiger partial charge in [-0.05, 0) is 42.7 Å². The average molecular weight is 276 g/mol. The third kappa shape index (κ3) is 3.80. The van der Waals surface area contributed by atoms with Gasteiger partial charge < -0.3 is 4.74 Å². The molecule has 2 rings (SSSR count). The van der Waals surface area contributed by atoms with E-state index in [0.29, 0.717) is 0 Å². The van der Waals surface area contributed by atoms with Gasteiger partial charge in [0, 0.05) is 0 Å². The third-order valence-corrected chi connectivity index (χ3v) is 3.10. The lowest BCUT2D eigenvalue weighted by Crippen LogP contribution is -2.21. The molecular weight excluding hydrogens is 258 g/mol. The molecule has 0 aliphatic heterocycles. The van der Waals surface area contributed by atoms with E-state index in [-0.39, 0.29) is 11.3 Å². The van der Waals surface area contributed by atoms with Crippen molar-refractivity contribution < 1.29 is 13.5 Å². The molecule has 3 heteroatoms. The molecule has 2 aromatic carbocycles. The van der Waals surface area contributed by atoms with E-state index in [0.717, 1.165) is 24.8 Å². The highest BCUT2D eigenvalue weighted by Gasteiger charge is 2.34. The fourth-order valence-electron chi connectivity index (χ4n) is 1.94. The number of rotatable bonds is 6. The molecule has 0 bridgehead atoms. The summed E-state index contributed by atoms with van der Waals surface area (Å²) < 4.78 is 32.8. The minimum absolute atomic E-state index is 0.124. The molecule has 1 nitrogen and oxygen atoms in total. The van der Waals surface area contributed by atoms with Gasteiger partial charge in [0.1, 0.15) is 5.75 Å². The molecule has 20 heavy (non-hydrogen) atoms. The molecule has 0 unspecified atom stereocenters. The van der Waals surface area contributed by atoms with Gasteiger partial charge in [0.25, 0.3) is 0 Å². The van der Waals surface area contributed by atoms with Crippen molar-refractivity contribution in [2.24, 2.45) is 0 Å². The van der Waals surface area contributed by atoms with Gasteiger partial charge in [-0.2, -0.15) is 8.78 Å². The number of ether oxygens (including phenoxy) is 1. The van der Waals surface area contributed by atoms with Gasteiger partial charge in [0.15, 0.2) is 0 Å². The molecule has 0 saturated heterocycles. The molecule has 0 aliphatic rings. The van der Waals surface area contributed by atoms with Crippen LogP contribution in [0.2, 0.25) is 0 Å². The topological polar surface area (TPSA) is 9.23 Å². The third-order valence-electron chi connectivity index (χ3n) is 3.10. The zero-order valence-corrected chi connectivity index (χ0v) is 11.5. The minimum Gasteiger partial charge on any atom is -0.429 e. The van der Waals surface area contributed by atoms with Gasteiger partial charge in [-0.3, -0.25) is 0 Å². The van der Waals surface area contributed by atoms with E-state index < -0.39 is 6.11 Å². The predicted molar refractivity (Wildman–Crippen MR) is 76.0 cm³/mol. The van der Waals surface area contributed by atoms with Gasteiger partial charge >= 0.3 is 6.11 Å². The monoisotopic (exact) mass is 276 g/mol. The molecule has 0 amide bonds. The Morgan fingerprint density at radius 1 is 0.950 bits per heavy atom. The van der Waals surface area contributed by atoms with E-state index in [1.807, 2.05) is 0 Å². The fourth-order valence-corrected chi connectivity index (χ4v) is 1.94. The van der Waals surface area contributed by atoms with Crippen LogP contribution in [0, 0.1) is 0 Å². The first-order valence-corrected chi connectivity index (χ1v) is 6.83. The average Bonchev–Trinajstić information content (AvgIpc) is 2.46. The summed E-state index contributed by atoms with van der Waals surface area (Å²) in [7, 11) is 0. The summed E-state index contributed by atoms with van der Waals surface area (Å²) in [4.78, 5) is 0. The number of alkyl halides is 2. The normalized spacial score (nSPS) is 11.3. The van der Waals surface area contributed by atoms with Crippen LogP contribution in [0.3, 0.4) is 0 Å². The summed E-state index contributed by atoms with van der Waals surface area (Å²) in [6.45, 7) is 2.11. The van der Waals surface area contributed by atoms with Crippen molar-refractivity contribution >= 4 is 0 Å². The lowest BCUT2D eigenvalue weighted by Gasteiger charge is -2.18. The fraction of sp³-hybridized carbons (Fsp3) is 0.294. The summed E-state index contributed by atoms with van der Waals surface area (Å²) in [6.07, 6.45) is -0.238. The predicted octanol–water partition coefficient (Wildman–Crippen LogP) is 5.16. The van der Waals surface area contributed by atoms with Crippen LogP contribution in [0.15, 0.2) is 54.6 Å². The second-order valence-corrected chi connectivity index (χ2v) is 4.73. The summed E-state index contributed by atoms with van der Waals surface area (Å²) >= 11 is 0. The molecular formula is C17H18F2O. The largest absolute Gasteiger partial charge is 0.429 e. The zero-order valence-electron chi connectivity index (χ0n) is 11.5. The molecule has 0 saturated carbocycles. The standard InChI is InChI=1S/C17H18F2O/c1-2-3-7-14-10-12-15(13-11-14)17(18,19)20-16-8-5-4-6-9-16/h4-6,8-13H,2-3,7H2,1H3. The van der Waals surface area contributed by atoms with Gasteiger partial charge in [0.05, 0.1) is 5.56 Å². The first-order chi connectivity index (χ1) is 9.62. The number of para-hydroxylation sites is 1. The van der Waals surface area contributed by atoms with Gasteiger partial charge in [-0.1, -0.05) is 43.7 Å². The van der Waals surface area contributed by atoms with E-state index in [9.17, 15) is 8.78 Å². The maximum absolute atomic E-state index is 14.0. The molecule has 0 N–H and O–H groups in total. The number of hydrogen-bond acceptors (Lipinski definition) is 1. The maximum Gasteiger partial charge on any atom is 0.426 e. The van der Waals surface area contributed by atoms with Crippen molar-refractivity contribution in [3.8, 4) is 5.75 Å². The van der Waals surface area contributed by atoms with Gasteiger partial charge in [0.2, 0.25) is 0 Å². The van der Waals surface area contributed by atoms with Crippen molar-refractivity contribution in [1.29, 1.82) is 0 Å². The molecule has 0 heterocycles. The van der Waals surface area contributed by atoms with E-state index in [2.05, 4.69) is 6.92 Å². The van der Waals surface area contributed by atoms with Crippen molar-refractivity contribution in [3.63, 3.8) is 0 Å². The highest BCUT2D eigenvalue weighted by atomic mass is 19.3. The number of unbranched alkanes of at least 4 members (excludes halogenated alkanes) is 1. The van der Waals surface area contributed by atoms with E-state index >= 15 is 0 Å². The Labute approximate surface area is 118 Å². The van der Waals surface area contributed by atoms with Gasteiger partial charge in [-0.25, -0.2) is 0 Å². The van der Waals surface area contributed by atoms with E-state index in [4.69, 9.17) is 4.74 Å². The SMILES string of the molecule is CCCCc1ccc(C(F)(F)Oc2ccccc2)cc1. The Morgan fingerprint density at radius 2 is 1.60 bits per heavy atom. The Hall–Kier alpha value is -1.90. The van der Waals surface area contributed by atoms with E-state index in [1.165, 1.54) is 24.3 Å². The first-order valence-electron chi connectivity index (χ1n) is 6.83. The summed E-state index contributed by atoms with van der Waals surface area (Å²) in [5.74, 6) is 0.160. The van der Waals surface area contributed by atoms with Crippen LogP contribution in [0.4, 0.5) is 8.78 Å². The summed E-state index contributed by atoms with van der Waals surface area (Å²) in [5, 5.41) is 0. The molecule has 0 spiro atoms. The number of aryl methyl sites for hydroxylation is 1. The second-order valence-electron chi connectivity index (χ2n) is 4.73. The number of halogens is 2. The molecule has 0 radical (unpaired) electrons. The van der Waals surface area contributed by atoms with Crippen molar-refractivity contribution in [2.45, 2.75) is 32.3 Å². The quantitative estimate of drug-likeness (QED) is 0.708. The van der Waals surface area contributed by atoms with Crippen LogP contribution < -0.4 is 4.74 Å². The first kappa shape index (κ1) is 14.5. The van der Waals surface area contributed by atoms with Crippen LogP contribution in [0.1, 0.15) is 30.9 Å². The maximum atomic E-state index is 14.0. The lowest BCUT2D eigenvalue weighted by molar-refractivity contribution is -0.185. The molecule has 0 atom stereocenters. The Morgan fingerprint density at radius 3 is 2.20 bits per heavy atom. The molecule has 2 aromatic rings. The molecule has 106 valence electrons. The Bertz CT molecular complexity index is 520. The lowest BCUT2D eigenvalue weighted by atomic mass is 10.1. The van der Waals surface area contributed by atoms with Crippen molar-refractivity contribution in [2.75, 3.05) is 0 Å². The zero-order chi connectivity index (χ0) is 14.4. The van der Waals surface area contributed by atoms with Crippen molar-refractivity contribution in [3.05, 3.63) is 65.7 Å². The second kappa shape index (κ2) is 6.51. The Balaban J connectivity index is 2.09.